The standard InChI is InChI=1S/C3H3Br2Cl.CH3NO2/c4-3(5)1-2-6;2-1(3)4/h1H,2H2;2H2,(H,3,4). The summed E-state index contributed by atoms with van der Waals surface area (Å²) >= 11 is 11.5. The lowest BCUT2D eigenvalue weighted by molar-refractivity contribution is 0.205. The minimum Gasteiger partial charge on any atom is -0.465 e. The number of halogens is 3. The van der Waals surface area contributed by atoms with E-state index in [0.717, 1.165) is 3.39 Å². The van der Waals surface area contributed by atoms with E-state index < -0.39 is 6.09 Å². The highest BCUT2D eigenvalue weighted by Gasteiger charge is 1.74. The Bertz CT molecular complexity index is 120. The van der Waals surface area contributed by atoms with Crippen LogP contribution in [0.15, 0.2) is 9.47 Å². The fourth-order valence-corrected chi connectivity index (χ4v) is 0.909. The van der Waals surface area contributed by atoms with Crippen LogP contribution in [0.1, 0.15) is 0 Å². The Kier molecular flexibility index (Phi) is 11.9. The third-order valence-electron chi connectivity index (χ3n) is 0.231. The van der Waals surface area contributed by atoms with Crippen molar-refractivity contribution < 1.29 is 9.90 Å². The number of hydrogen-bond donors (Lipinski definition) is 2. The van der Waals surface area contributed by atoms with Crippen molar-refractivity contribution in [3.8, 4) is 0 Å². The van der Waals surface area contributed by atoms with E-state index in [1.165, 1.54) is 0 Å². The highest BCUT2D eigenvalue weighted by molar-refractivity contribution is 9.28. The van der Waals surface area contributed by atoms with Crippen LogP contribution in [0.4, 0.5) is 4.79 Å². The minimum absolute atomic E-state index is 0.547. The van der Waals surface area contributed by atoms with Crippen LogP contribution < -0.4 is 5.73 Å². The first-order valence-electron chi connectivity index (χ1n) is 2.06. The smallest absolute Gasteiger partial charge is 0.402 e. The van der Waals surface area contributed by atoms with Crippen molar-refractivity contribution in [3.63, 3.8) is 0 Å². The Morgan fingerprint density at radius 3 is 2.00 bits per heavy atom. The van der Waals surface area contributed by atoms with Gasteiger partial charge in [0.1, 0.15) is 0 Å². The molecule has 0 saturated heterocycles. The lowest BCUT2D eigenvalue weighted by Crippen LogP contribution is -2.03. The molecule has 0 atom stereocenters. The Hall–Kier alpha value is 0.260. The van der Waals surface area contributed by atoms with Gasteiger partial charge in [0.25, 0.3) is 0 Å². The zero-order valence-electron chi connectivity index (χ0n) is 4.85. The fourth-order valence-electron chi connectivity index (χ4n) is 0.0583. The molecule has 0 unspecified atom stereocenters. The van der Waals surface area contributed by atoms with Gasteiger partial charge in [-0.05, 0) is 37.9 Å². The molecule has 0 aliphatic heterocycles. The molecule has 0 radical (unpaired) electrons. The predicted molar refractivity (Wildman–Crippen MR) is 48.9 cm³/mol. The van der Waals surface area contributed by atoms with E-state index in [4.69, 9.17) is 21.5 Å². The Balaban J connectivity index is 0. The summed E-state index contributed by atoms with van der Waals surface area (Å²) in [5, 5.41) is 7.19. The minimum atomic E-state index is -1.33. The average Bonchev–Trinajstić information content (AvgIpc) is 1.62. The third-order valence-corrected chi connectivity index (χ3v) is 1.03. The number of carboxylic acid groups (broad SMARTS) is 1. The normalized spacial score (nSPS) is 7.10. The molecular formula is C4H6Br2ClNO2. The van der Waals surface area contributed by atoms with Crippen LogP contribution in [-0.2, 0) is 0 Å². The van der Waals surface area contributed by atoms with Crippen LogP contribution in [0.5, 0.6) is 0 Å². The van der Waals surface area contributed by atoms with E-state index >= 15 is 0 Å². The molecule has 0 aliphatic rings. The van der Waals surface area contributed by atoms with Crippen molar-refractivity contribution >= 4 is 49.6 Å². The number of alkyl halides is 1. The zero-order chi connectivity index (χ0) is 8.57. The zero-order valence-corrected chi connectivity index (χ0v) is 8.78. The molecule has 3 nitrogen and oxygen atoms in total. The molecule has 0 bridgehead atoms. The molecule has 10 heavy (non-hydrogen) atoms. The van der Waals surface area contributed by atoms with E-state index in [0.29, 0.717) is 5.88 Å². The van der Waals surface area contributed by atoms with Crippen LogP contribution in [0.25, 0.3) is 0 Å². The van der Waals surface area contributed by atoms with Crippen LogP contribution in [0.3, 0.4) is 0 Å². The van der Waals surface area contributed by atoms with Crippen molar-refractivity contribution in [2.24, 2.45) is 5.73 Å². The number of primary amides is 1. The second kappa shape index (κ2) is 9.26. The summed E-state index contributed by atoms with van der Waals surface area (Å²) in [4.78, 5) is 8.78. The Morgan fingerprint density at radius 1 is 1.70 bits per heavy atom. The fraction of sp³-hybridized carbons (Fsp3) is 0.250. The van der Waals surface area contributed by atoms with E-state index in [1.54, 1.807) is 0 Å². The van der Waals surface area contributed by atoms with Gasteiger partial charge in [0, 0.05) is 5.88 Å². The van der Waals surface area contributed by atoms with Crippen LogP contribution in [0.2, 0.25) is 0 Å². The van der Waals surface area contributed by atoms with E-state index in [9.17, 15) is 0 Å². The second-order valence-electron chi connectivity index (χ2n) is 0.986. The first-order chi connectivity index (χ1) is 4.50. The molecule has 0 fully saturated rings. The summed E-state index contributed by atoms with van der Waals surface area (Å²) in [5.41, 5.74) is 4.03. The van der Waals surface area contributed by atoms with Crippen molar-refractivity contribution in [1.29, 1.82) is 0 Å². The summed E-state index contributed by atoms with van der Waals surface area (Å²) in [6.45, 7) is 0. The summed E-state index contributed by atoms with van der Waals surface area (Å²) in [7, 11) is 0. The number of allylic oxidation sites excluding steroid dienone is 1. The summed E-state index contributed by atoms with van der Waals surface area (Å²) in [5.74, 6) is 0.547. The molecule has 0 spiro atoms. The van der Waals surface area contributed by atoms with Gasteiger partial charge in [-0.1, -0.05) is 0 Å². The molecule has 0 saturated carbocycles. The maximum Gasteiger partial charge on any atom is 0.402 e. The van der Waals surface area contributed by atoms with Gasteiger partial charge in [-0.15, -0.1) is 11.6 Å². The number of nitrogens with two attached hydrogens (primary N) is 1. The van der Waals surface area contributed by atoms with Gasteiger partial charge in [-0.3, -0.25) is 0 Å². The molecule has 0 aromatic rings. The van der Waals surface area contributed by atoms with Crippen molar-refractivity contribution in [3.05, 3.63) is 9.47 Å². The van der Waals surface area contributed by atoms with Gasteiger partial charge in [-0.25, -0.2) is 4.79 Å². The quantitative estimate of drug-likeness (QED) is 0.730. The van der Waals surface area contributed by atoms with Crippen LogP contribution in [-0.4, -0.2) is 17.1 Å². The van der Waals surface area contributed by atoms with Gasteiger partial charge < -0.3 is 10.8 Å². The molecule has 0 rings (SSSR count). The average molecular weight is 295 g/mol. The molecule has 0 aliphatic carbocycles. The van der Waals surface area contributed by atoms with Gasteiger partial charge in [-0.2, -0.15) is 0 Å². The molecule has 3 N–H and O–H groups in total. The maximum atomic E-state index is 8.78. The Morgan fingerprint density at radius 2 is 2.00 bits per heavy atom. The largest absolute Gasteiger partial charge is 0.465 e. The molecule has 1 amide bonds. The van der Waals surface area contributed by atoms with E-state index in [2.05, 4.69) is 37.6 Å². The number of hydrogen-bond acceptors (Lipinski definition) is 1. The lowest BCUT2D eigenvalue weighted by Gasteiger charge is -1.73. The summed E-state index contributed by atoms with van der Waals surface area (Å²) in [6.07, 6.45) is 0.474. The highest BCUT2D eigenvalue weighted by Crippen LogP contribution is 2.11. The summed E-state index contributed by atoms with van der Waals surface area (Å²) < 4.78 is 0.907. The molecular weight excluding hydrogens is 289 g/mol. The van der Waals surface area contributed by atoms with Gasteiger partial charge in [0.05, 0.1) is 3.39 Å². The molecule has 0 heterocycles. The van der Waals surface area contributed by atoms with Crippen molar-refractivity contribution in [2.45, 2.75) is 0 Å². The molecule has 6 heteroatoms. The SMILES string of the molecule is ClCC=C(Br)Br.NC(=O)O. The third kappa shape index (κ3) is 41.0. The van der Waals surface area contributed by atoms with E-state index in [-0.39, 0.29) is 0 Å². The maximum absolute atomic E-state index is 8.78. The van der Waals surface area contributed by atoms with Crippen molar-refractivity contribution in [1.82, 2.24) is 0 Å². The molecule has 0 aromatic heterocycles. The summed E-state index contributed by atoms with van der Waals surface area (Å²) in [6, 6.07) is 0. The number of amides is 1. The van der Waals surface area contributed by atoms with Crippen LogP contribution in [0, 0.1) is 0 Å². The first-order valence-corrected chi connectivity index (χ1v) is 4.18. The topological polar surface area (TPSA) is 63.3 Å². The highest BCUT2D eigenvalue weighted by atomic mass is 79.9. The van der Waals surface area contributed by atoms with Gasteiger partial charge in [0.15, 0.2) is 0 Å². The number of rotatable bonds is 1. The van der Waals surface area contributed by atoms with Gasteiger partial charge in [0.2, 0.25) is 0 Å². The van der Waals surface area contributed by atoms with E-state index in [1.807, 2.05) is 6.08 Å². The first kappa shape index (κ1) is 12.9. The van der Waals surface area contributed by atoms with Crippen molar-refractivity contribution in [2.75, 3.05) is 5.88 Å². The van der Waals surface area contributed by atoms with Gasteiger partial charge >= 0.3 is 6.09 Å². The second-order valence-corrected chi connectivity index (χ2v) is 4.07. The molecule has 60 valence electrons. The number of carbonyl (C=O) groups is 1. The Labute approximate surface area is 80.5 Å². The lowest BCUT2D eigenvalue weighted by atomic mass is 10.8. The molecule has 0 aromatic carbocycles. The van der Waals surface area contributed by atoms with Crippen LogP contribution >= 0.6 is 43.5 Å². The predicted octanol–water partition coefficient (Wildman–Crippen LogP) is 2.48. The monoisotopic (exact) mass is 293 g/mol.